The highest BCUT2D eigenvalue weighted by atomic mass is 35.5. The minimum absolute atomic E-state index is 0.0516. The summed E-state index contributed by atoms with van der Waals surface area (Å²) in [6.45, 7) is 0.313. The van der Waals surface area contributed by atoms with Crippen LogP contribution in [-0.2, 0) is 23.1 Å². The van der Waals surface area contributed by atoms with Crippen LogP contribution in [0.15, 0.2) is 71.6 Å². The van der Waals surface area contributed by atoms with Gasteiger partial charge in [-0.1, -0.05) is 35.9 Å². The molecule has 1 N–H and O–H groups in total. The van der Waals surface area contributed by atoms with E-state index in [1.165, 1.54) is 30.2 Å². The van der Waals surface area contributed by atoms with Crippen molar-refractivity contribution in [2.45, 2.75) is 18.0 Å². The number of nitrogens with zero attached hydrogens (tertiary/aromatic N) is 2. The van der Waals surface area contributed by atoms with E-state index in [-0.39, 0.29) is 35.2 Å². The third kappa shape index (κ3) is 6.11. The number of nitrogens with one attached hydrogen (secondary N) is 1. The van der Waals surface area contributed by atoms with Gasteiger partial charge in [-0.2, -0.15) is 5.26 Å². The zero-order valence-corrected chi connectivity index (χ0v) is 19.7. The van der Waals surface area contributed by atoms with E-state index in [0.717, 1.165) is 11.1 Å². The van der Waals surface area contributed by atoms with Crippen LogP contribution >= 0.6 is 11.6 Å². The number of nitriles is 1. The molecule has 0 aliphatic carbocycles. The molecule has 0 aliphatic rings. The topological polar surface area (TPSA) is 99.5 Å². The summed E-state index contributed by atoms with van der Waals surface area (Å²) in [6, 6.07) is 20.1. The molecule has 3 aromatic carbocycles. The van der Waals surface area contributed by atoms with Crippen LogP contribution in [-0.4, -0.2) is 33.4 Å². The van der Waals surface area contributed by atoms with Gasteiger partial charge in [-0.15, -0.1) is 0 Å². The summed E-state index contributed by atoms with van der Waals surface area (Å²) >= 11 is 5.87. The average Bonchev–Trinajstić information content (AvgIpc) is 2.83. The molecule has 0 radical (unpaired) electrons. The third-order valence-electron chi connectivity index (χ3n) is 4.90. The van der Waals surface area contributed by atoms with Gasteiger partial charge in [-0.25, -0.2) is 13.1 Å². The van der Waals surface area contributed by atoms with Crippen molar-refractivity contribution in [1.29, 1.82) is 5.26 Å². The second-order valence-corrected chi connectivity index (χ2v) is 9.46. The zero-order chi connectivity index (χ0) is 24.0. The molecule has 9 heteroatoms. The van der Waals surface area contributed by atoms with E-state index in [2.05, 4.69) is 10.8 Å². The molecule has 3 rings (SSSR count). The quantitative estimate of drug-likeness (QED) is 0.522. The number of halogens is 1. The first kappa shape index (κ1) is 24.3. The number of rotatable bonds is 8. The lowest BCUT2D eigenvalue weighted by Gasteiger charge is -2.19. The maximum absolute atomic E-state index is 13.0. The monoisotopic (exact) mass is 483 g/mol. The van der Waals surface area contributed by atoms with Gasteiger partial charge < -0.3 is 9.64 Å². The molecule has 0 aromatic heterocycles. The fourth-order valence-corrected chi connectivity index (χ4v) is 4.52. The Morgan fingerprint density at radius 1 is 1.09 bits per heavy atom. The standard InChI is InChI=1S/C24H22ClN3O4S/c1-28(16-19-5-3-4-18(12-19)14-26)24(29)20-8-11-22(32-2)23(13-20)33(30,31)27-15-17-6-9-21(25)10-7-17/h3-13,27H,15-16H2,1-2H3. The van der Waals surface area contributed by atoms with Crippen LogP contribution in [0.5, 0.6) is 5.75 Å². The van der Waals surface area contributed by atoms with Gasteiger partial charge in [-0.05, 0) is 53.6 Å². The van der Waals surface area contributed by atoms with Crippen molar-refractivity contribution in [3.63, 3.8) is 0 Å². The second-order valence-electron chi connectivity index (χ2n) is 7.29. The summed E-state index contributed by atoms with van der Waals surface area (Å²) in [5.74, 6) is -0.242. The van der Waals surface area contributed by atoms with Crippen LogP contribution in [0.2, 0.25) is 5.02 Å². The highest BCUT2D eigenvalue weighted by molar-refractivity contribution is 7.89. The van der Waals surface area contributed by atoms with Crippen LogP contribution in [0, 0.1) is 11.3 Å². The number of amides is 1. The molecule has 3 aromatic rings. The van der Waals surface area contributed by atoms with E-state index in [1.54, 1.807) is 49.5 Å². The molecule has 170 valence electrons. The Labute approximate surface area is 198 Å². The SMILES string of the molecule is COc1ccc(C(=O)N(C)Cc2cccc(C#N)c2)cc1S(=O)(=O)NCc1ccc(Cl)cc1. The van der Waals surface area contributed by atoms with Crippen LogP contribution in [0.1, 0.15) is 27.0 Å². The maximum atomic E-state index is 13.0. The van der Waals surface area contributed by atoms with Crippen LogP contribution in [0.25, 0.3) is 0 Å². The summed E-state index contributed by atoms with van der Waals surface area (Å²) in [6.07, 6.45) is 0. The Morgan fingerprint density at radius 2 is 1.82 bits per heavy atom. The number of carbonyl (C=O) groups excluding carboxylic acids is 1. The maximum Gasteiger partial charge on any atom is 0.253 e. The molecule has 7 nitrogen and oxygen atoms in total. The molecule has 0 fully saturated rings. The van der Waals surface area contributed by atoms with Crippen LogP contribution < -0.4 is 9.46 Å². The summed E-state index contributed by atoms with van der Waals surface area (Å²) in [4.78, 5) is 14.3. The first-order valence-corrected chi connectivity index (χ1v) is 11.8. The van der Waals surface area contributed by atoms with Gasteiger partial charge in [0, 0.05) is 30.7 Å². The highest BCUT2D eigenvalue weighted by Gasteiger charge is 2.23. The number of ether oxygens (including phenoxy) is 1. The first-order chi connectivity index (χ1) is 15.7. The Balaban J connectivity index is 1.82. The zero-order valence-electron chi connectivity index (χ0n) is 18.1. The minimum Gasteiger partial charge on any atom is -0.495 e. The Bertz CT molecular complexity index is 1300. The van der Waals surface area contributed by atoms with Crippen molar-refractivity contribution in [3.8, 4) is 11.8 Å². The largest absolute Gasteiger partial charge is 0.495 e. The number of hydrogen-bond donors (Lipinski definition) is 1. The Morgan fingerprint density at radius 3 is 2.48 bits per heavy atom. The molecule has 0 heterocycles. The summed E-state index contributed by atoms with van der Waals surface area (Å²) < 4.78 is 33.7. The number of sulfonamides is 1. The van der Waals surface area contributed by atoms with E-state index in [0.29, 0.717) is 10.6 Å². The van der Waals surface area contributed by atoms with E-state index >= 15 is 0 Å². The minimum atomic E-state index is -3.98. The van der Waals surface area contributed by atoms with Gasteiger partial charge in [0.25, 0.3) is 5.91 Å². The van der Waals surface area contributed by atoms with Gasteiger partial charge in [0.05, 0.1) is 18.7 Å². The third-order valence-corrected chi connectivity index (χ3v) is 6.58. The molecule has 1 amide bonds. The predicted octanol–water partition coefficient (Wildman–Crippen LogP) is 3.97. The van der Waals surface area contributed by atoms with Crippen LogP contribution in [0.4, 0.5) is 0 Å². The molecule has 0 aliphatic heterocycles. The first-order valence-electron chi connectivity index (χ1n) is 9.90. The molecule has 0 saturated carbocycles. The summed E-state index contributed by atoms with van der Waals surface area (Å²) in [7, 11) is -1.00. The van der Waals surface area contributed by atoms with Crippen molar-refractivity contribution in [1.82, 2.24) is 9.62 Å². The van der Waals surface area contributed by atoms with Crippen molar-refractivity contribution in [3.05, 3.63) is 94.0 Å². The molecule has 33 heavy (non-hydrogen) atoms. The van der Waals surface area contributed by atoms with Crippen molar-refractivity contribution < 1.29 is 17.9 Å². The summed E-state index contributed by atoms with van der Waals surface area (Å²) in [5, 5.41) is 9.61. The van der Waals surface area contributed by atoms with Gasteiger partial charge in [0.15, 0.2) is 0 Å². The molecule has 0 spiro atoms. The molecule has 0 atom stereocenters. The fraction of sp³-hybridized carbons (Fsp3) is 0.167. The van der Waals surface area contributed by atoms with E-state index in [4.69, 9.17) is 21.6 Å². The van der Waals surface area contributed by atoms with E-state index < -0.39 is 10.0 Å². The molecule has 0 bridgehead atoms. The van der Waals surface area contributed by atoms with Gasteiger partial charge in [0.2, 0.25) is 10.0 Å². The Kier molecular flexibility index (Phi) is 7.71. The lowest BCUT2D eigenvalue weighted by molar-refractivity contribution is 0.0785. The van der Waals surface area contributed by atoms with Crippen LogP contribution in [0.3, 0.4) is 0 Å². The van der Waals surface area contributed by atoms with Crippen molar-refractivity contribution in [2.24, 2.45) is 0 Å². The van der Waals surface area contributed by atoms with E-state index in [9.17, 15) is 13.2 Å². The normalized spacial score (nSPS) is 11.0. The smallest absolute Gasteiger partial charge is 0.253 e. The molecular weight excluding hydrogens is 462 g/mol. The second kappa shape index (κ2) is 10.5. The average molecular weight is 484 g/mol. The highest BCUT2D eigenvalue weighted by Crippen LogP contribution is 2.26. The van der Waals surface area contributed by atoms with Gasteiger partial charge in [-0.3, -0.25) is 4.79 Å². The van der Waals surface area contributed by atoms with Gasteiger partial charge >= 0.3 is 0 Å². The number of benzene rings is 3. The predicted molar refractivity (Wildman–Crippen MR) is 125 cm³/mol. The van der Waals surface area contributed by atoms with Gasteiger partial charge in [0.1, 0.15) is 10.6 Å². The van der Waals surface area contributed by atoms with Crippen molar-refractivity contribution >= 4 is 27.5 Å². The number of hydrogen-bond acceptors (Lipinski definition) is 5. The van der Waals surface area contributed by atoms with Crippen molar-refractivity contribution in [2.75, 3.05) is 14.2 Å². The molecule has 0 saturated heterocycles. The van der Waals surface area contributed by atoms with E-state index in [1.807, 2.05) is 6.07 Å². The number of methoxy groups -OCH3 is 1. The number of carbonyl (C=O) groups is 1. The lowest BCUT2D eigenvalue weighted by atomic mass is 10.1. The summed E-state index contributed by atoms with van der Waals surface area (Å²) in [5.41, 5.74) is 2.21. The molecule has 0 unspecified atom stereocenters. The lowest BCUT2D eigenvalue weighted by Crippen LogP contribution is -2.27. The molecular formula is C24H22ClN3O4S. The Hall–Kier alpha value is -3.38. The fourth-order valence-electron chi connectivity index (χ4n) is 3.18.